The van der Waals surface area contributed by atoms with E-state index in [0.29, 0.717) is 6.04 Å². The molecular formula is C16H27N. The van der Waals surface area contributed by atoms with E-state index in [4.69, 9.17) is 0 Å². The quantitative estimate of drug-likeness (QED) is 0.786. The summed E-state index contributed by atoms with van der Waals surface area (Å²) in [5.74, 6) is 0.804. The van der Waals surface area contributed by atoms with E-state index in [-0.39, 0.29) is 0 Å². The first kappa shape index (κ1) is 14.2. The first-order chi connectivity index (χ1) is 8.05. The molecule has 2 atom stereocenters. The molecule has 0 saturated heterocycles. The van der Waals surface area contributed by atoms with Crippen molar-refractivity contribution in [2.75, 3.05) is 7.05 Å². The monoisotopic (exact) mass is 233 g/mol. The van der Waals surface area contributed by atoms with Crippen molar-refractivity contribution in [1.82, 2.24) is 5.32 Å². The van der Waals surface area contributed by atoms with Crippen LogP contribution in [0.2, 0.25) is 0 Å². The highest BCUT2D eigenvalue weighted by Gasteiger charge is 2.11. The molecule has 0 radical (unpaired) electrons. The summed E-state index contributed by atoms with van der Waals surface area (Å²) in [5, 5.41) is 3.45. The van der Waals surface area contributed by atoms with Crippen LogP contribution in [0.25, 0.3) is 0 Å². The Bertz CT molecular complexity index is 323. The second-order valence-electron chi connectivity index (χ2n) is 5.43. The van der Waals surface area contributed by atoms with Crippen LogP contribution in [0.3, 0.4) is 0 Å². The largest absolute Gasteiger partial charge is 0.317 e. The average Bonchev–Trinajstić information content (AvgIpc) is 2.26. The summed E-state index contributed by atoms with van der Waals surface area (Å²) in [5.41, 5.74) is 4.21. The summed E-state index contributed by atoms with van der Waals surface area (Å²) in [6, 6.07) is 7.47. The van der Waals surface area contributed by atoms with E-state index in [9.17, 15) is 0 Å². The van der Waals surface area contributed by atoms with E-state index in [0.717, 1.165) is 12.3 Å². The minimum absolute atomic E-state index is 0.603. The van der Waals surface area contributed by atoms with Gasteiger partial charge in [0.05, 0.1) is 0 Å². The van der Waals surface area contributed by atoms with Gasteiger partial charge >= 0.3 is 0 Å². The third-order valence-electron chi connectivity index (χ3n) is 3.56. The zero-order valence-corrected chi connectivity index (χ0v) is 12.0. The van der Waals surface area contributed by atoms with Crippen molar-refractivity contribution in [3.05, 3.63) is 34.9 Å². The molecule has 0 fully saturated rings. The summed E-state index contributed by atoms with van der Waals surface area (Å²) in [7, 11) is 2.08. The van der Waals surface area contributed by atoms with E-state index < -0.39 is 0 Å². The van der Waals surface area contributed by atoms with Gasteiger partial charge in [0.15, 0.2) is 0 Å². The highest BCUT2D eigenvalue weighted by atomic mass is 14.9. The van der Waals surface area contributed by atoms with Crippen LogP contribution < -0.4 is 5.32 Å². The summed E-state index contributed by atoms with van der Waals surface area (Å²) < 4.78 is 0. The molecule has 0 bridgehead atoms. The molecule has 0 heterocycles. The SMILES string of the molecule is CCC(C)CC(Cc1cc(C)cc(C)c1)NC. The standard InChI is InChI=1S/C16H27N/c1-6-12(2)10-16(17-5)11-15-8-13(3)7-14(4)9-15/h7-9,12,16-17H,6,10-11H2,1-5H3. The Balaban J connectivity index is 2.66. The molecule has 1 heteroatoms. The van der Waals surface area contributed by atoms with Gasteiger partial charge in [0.2, 0.25) is 0 Å². The molecule has 0 spiro atoms. The van der Waals surface area contributed by atoms with Crippen molar-refractivity contribution < 1.29 is 0 Å². The maximum Gasteiger partial charge on any atom is 0.0107 e. The van der Waals surface area contributed by atoms with Crippen LogP contribution in [0.5, 0.6) is 0 Å². The van der Waals surface area contributed by atoms with Gasteiger partial charge in [-0.25, -0.2) is 0 Å². The van der Waals surface area contributed by atoms with Gasteiger partial charge in [-0.1, -0.05) is 49.6 Å². The lowest BCUT2D eigenvalue weighted by molar-refractivity contribution is 0.410. The van der Waals surface area contributed by atoms with Crippen LogP contribution in [0, 0.1) is 19.8 Å². The lowest BCUT2D eigenvalue weighted by Gasteiger charge is -2.20. The van der Waals surface area contributed by atoms with Crippen LogP contribution in [-0.4, -0.2) is 13.1 Å². The van der Waals surface area contributed by atoms with Crippen LogP contribution in [-0.2, 0) is 6.42 Å². The maximum absolute atomic E-state index is 3.45. The molecule has 17 heavy (non-hydrogen) atoms. The number of nitrogens with one attached hydrogen (secondary N) is 1. The van der Waals surface area contributed by atoms with Gasteiger partial charge in [-0.3, -0.25) is 0 Å². The van der Waals surface area contributed by atoms with Crippen molar-refractivity contribution in [2.24, 2.45) is 5.92 Å². The highest BCUT2D eigenvalue weighted by Crippen LogP contribution is 2.16. The van der Waals surface area contributed by atoms with Gasteiger partial charge in [0.1, 0.15) is 0 Å². The minimum atomic E-state index is 0.603. The van der Waals surface area contributed by atoms with Crippen LogP contribution in [0.15, 0.2) is 18.2 Å². The second-order valence-corrected chi connectivity index (χ2v) is 5.43. The second kappa shape index (κ2) is 6.80. The zero-order valence-electron chi connectivity index (χ0n) is 12.0. The van der Waals surface area contributed by atoms with Crippen molar-refractivity contribution >= 4 is 0 Å². The smallest absolute Gasteiger partial charge is 0.0107 e. The lowest BCUT2D eigenvalue weighted by Crippen LogP contribution is -2.29. The molecule has 0 aliphatic carbocycles. The predicted octanol–water partition coefficient (Wildman–Crippen LogP) is 3.87. The number of likely N-dealkylation sites (N-methyl/N-ethyl adjacent to an activating group) is 1. The third-order valence-corrected chi connectivity index (χ3v) is 3.56. The molecule has 1 nitrogen and oxygen atoms in total. The van der Waals surface area contributed by atoms with E-state index in [1.54, 1.807) is 0 Å². The van der Waals surface area contributed by atoms with Crippen molar-refractivity contribution in [1.29, 1.82) is 0 Å². The number of hydrogen-bond acceptors (Lipinski definition) is 1. The number of aryl methyl sites for hydroxylation is 2. The fraction of sp³-hybridized carbons (Fsp3) is 0.625. The molecule has 0 aromatic heterocycles. The minimum Gasteiger partial charge on any atom is -0.317 e. The van der Waals surface area contributed by atoms with Crippen molar-refractivity contribution in [2.45, 2.75) is 53.0 Å². The molecule has 1 rings (SSSR count). The number of hydrogen-bond donors (Lipinski definition) is 1. The Morgan fingerprint density at radius 1 is 1.12 bits per heavy atom. The Kier molecular flexibility index (Phi) is 5.70. The van der Waals surface area contributed by atoms with Gasteiger partial charge in [-0.05, 0) is 45.2 Å². The highest BCUT2D eigenvalue weighted by molar-refractivity contribution is 5.29. The maximum atomic E-state index is 3.45. The van der Waals surface area contributed by atoms with Gasteiger partial charge in [0.25, 0.3) is 0 Å². The fourth-order valence-corrected chi connectivity index (χ4v) is 2.43. The molecule has 2 unspecified atom stereocenters. The van der Waals surface area contributed by atoms with Gasteiger partial charge in [-0.2, -0.15) is 0 Å². The third kappa shape index (κ3) is 4.91. The molecule has 0 aliphatic heterocycles. The lowest BCUT2D eigenvalue weighted by atomic mass is 9.93. The molecule has 0 aliphatic rings. The average molecular weight is 233 g/mol. The molecule has 0 amide bonds. The first-order valence-corrected chi connectivity index (χ1v) is 6.79. The normalized spacial score (nSPS) is 14.6. The Morgan fingerprint density at radius 3 is 2.18 bits per heavy atom. The number of benzene rings is 1. The van der Waals surface area contributed by atoms with Gasteiger partial charge < -0.3 is 5.32 Å². The fourth-order valence-electron chi connectivity index (χ4n) is 2.43. The van der Waals surface area contributed by atoms with Gasteiger partial charge in [0, 0.05) is 6.04 Å². The Morgan fingerprint density at radius 2 is 1.71 bits per heavy atom. The molecule has 0 saturated carbocycles. The van der Waals surface area contributed by atoms with Crippen LogP contribution in [0.4, 0.5) is 0 Å². The predicted molar refractivity (Wildman–Crippen MR) is 76.5 cm³/mol. The van der Waals surface area contributed by atoms with E-state index in [1.165, 1.54) is 29.5 Å². The van der Waals surface area contributed by atoms with Crippen LogP contribution in [0.1, 0.15) is 43.4 Å². The summed E-state index contributed by atoms with van der Waals surface area (Å²) >= 11 is 0. The molecule has 96 valence electrons. The summed E-state index contributed by atoms with van der Waals surface area (Å²) in [6.45, 7) is 8.97. The Labute approximate surface area is 107 Å². The van der Waals surface area contributed by atoms with E-state index >= 15 is 0 Å². The number of rotatable bonds is 6. The van der Waals surface area contributed by atoms with Crippen molar-refractivity contribution in [3.8, 4) is 0 Å². The molecule has 1 N–H and O–H groups in total. The molecule has 1 aromatic carbocycles. The molecular weight excluding hydrogens is 206 g/mol. The van der Waals surface area contributed by atoms with E-state index in [2.05, 4.69) is 58.3 Å². The summed E-state index contributed by atoms with van der Waals surface area (Å²) in [6.07, 6.45) is 3.67. The summed E-state index contributed by atoms with van der Waals surface area (Å²) in [4.78, 5) is 0. The molecule has 1 aromatic rings. The topological polar surface area (TPSA) is 12.0 Å². The van der Waals surface area contributed by atoms with E-state index in [1.807, 2.05) is 0 Å². The zero-order chi connectivity index (χ0) is 12.8. The van der Waals surface area contributed by atoms with Crippen molar-refractivity contribution in [3.63, 3.8) is 0 Å². The Hall–Kier alpha value is -0.820. The first-order valence-electron chi connectivity index (χ1n) is 6.79. The van der Waals surface area contributed by atoms with Gasteiger partial charge in [-0.15, -0.1) is 0 Å². The van der Waals surface area contributed by atoms with Crippen LogP contribution >= 0.6 is 0 Å².